The number of aromatic nitrogens is 2. The van der Waals surface area contributed by atoms with Crippen LogP contribution < -0.4 is 10.9 Å². The molecule has 0 bridgehead atoms. The van der Waals surface area contributed by atoms with Crippen molar-refractivity contribution in [3.63, 3.8) is 0 Å². The molecule has 7 nitrogen and oxygen atoms in total. The fraction of sp³-hybridized carbons (Fsp3) is 0.360. The van der Waals surface area contributed by atoms with E-state index in [0.717, 1.165) is 17.5 Å². The van der Waals surface area contributed by atoms with Gasteiger partial charge in [-0.05, 0) is 44.0 Å². The summed E-state index contributed by atoms with van der Waals surface area (Å²) in [6.07, 6.45) is 0.830. The van der Waals surface area contributed by atoms with Gasteiger partial charge in [0.1, 0.15) is 0 Å². The van der Waals surface area contributed by atoms with Crippen molar-refractivity contribution in [1.82, 2.24) is 14.9 Å². The topological polar surface area (TPSA) is 90.3 Å². The number of thioether (sulfide) groups is 1. The normalized spacial score (nSPS) is 11.0. The third-order valence-electron chi connectivity index (χ3n) is 5.25. The van der Waals surface area contributed by atoms with Gasteiger partial charge in [-0.2, -0.15) is 0 Å². The molecule has 0 atom stereocenters. The number of fused-ring (bicyclic) bond motifs is 1. The summed E-state index contributed by atoms with van der Waals surface area (Å²) in [6, 6.07) is 10.6. The Morgan fingerprint density at radius 3 is 2.64 bits per heavy atom. The molecule has 0 radical (unpaired) electrons. The highest BCUT2D eigenvalue weighted by Gasteiger charge is 2.16. The van der Waals surface area contributed by atoms with Crippen molar-refractivity contribution in [3.8, 4) is 0 Å². The summed E-state index contributed by atoms with van der Waals surface area (Å²) < 4.78 is 6.69. The van der Waals surface area contributed by atoms with Crippen molar-refractivity contribution < 1.29 is 14.3 Å². The van der Waals surface area contributed by atoms with Crippen molar-refractivity contribution in [2.75, 3.05) is 26.0 Å². The smallest absolute Gasteiger partial charge is 0.262 e. The summed E-state index contributed by atoms with van der Waals surface area (Å²) in [6.45, 7) is 7.11. The zero-order valence-electron chi connectivity index (χ0n) is 19.4. The number of amides is 1. The van der Waals surface area contributed by atoms with E-state index in [-0.39, 0.29) is 23.0 Å². The van der Waals surface area contributed by atoms with Crippen molar-refractivity contribution in [2.24, 2.45) is 0 Å². The predicted molar refractivity (Wildman–Crippen MR) is 131 cm³/mol. The average Bonchev–Trinajstić information content (AvgIpc) is 2.80. The summed E-state index contributed by atoms with van der Waals surface area (Å²) in [5.41, 5.74) is 3.33. The van der Waals surface area contributed by atoms with Crippen molar-refractivity contribution >= 4 is 34.4 Å². The molecule has 0 aliphatic heterocycles. The second kappa shape index (κ2) is 11.2. The molecule has 33 heavy (non-hydrogen) atoms. The van der Waals surface area contributed by atoms with Gasteiger partial charge < -0.3 is 10.1 Å². The van der Waals surface area contributed by atoms with Gasteiger partial charge in [-0.15, -0.1) is 0 Å². The number of Topliss-reactive ketones (excluding diaryl/α,β-unsaturated/α-hetero) is 1. The zero-order valence-corrected chi connectivity index (χ0v) is 20.3. The van der Waals surface area contributed by atoms with Gasteiger partial charge in [0.05, 0.1) is 29.8 Å². The third kappa shape index (κ3) is 5.89. The molecule has 1 amide bonds. The largest absolute Gasteiger partial charge is 0.383 e. The lowest BCUT2D eigenvalue weighted by Crippen LogP contribution is -2.26. The number of aryl methyl sites for hydroxylation is 2. The van der Waals surface area contributed by atoms with E-state index in [9.17, 15) is 14.4 Å². The number of ether oxygens (including phenoxy) is 1. The van der Waals surface area contributed by atoms with Gasteiger partial charge in [-0.25, -0.2) is 4.98 Å². The third-order valence-corrected chi connectivity index (χ3v) is 6.23. The predicted octanol–water partition coefficient (Wildman–Crippen LogP) is 3.77. The first-order valence-electron chi connectivity index (χ1n) is 10.9. The van der Waals surface area contributed by atoms with Crippen LogP contribution in [0.5, 0.6) is 0 Å². The maximum absolute atomic E-state index is 13.2. The molecule has 0 saturated heterocycles. The first kappa shape index (κ1) is 24.7. The maximum Gasteiger partial charge on any atom is 0.262 e. The summed E-state index contributed by atoms with van der Waals surface area (Å²) in [7, 11) is 1.57. The average molecular weight is 468 g/mol. The van der Waals surface area contributed by atoms with Gasteiger partial charge in [0.15, 0.2) is 10.9 Å². The van der Waals surface area contributed by atoms with Crippen LogP contribution in [-0.4, -0.2) is 47.3 Å². The van der Waals surface area contributed by atoms with Crippen LogP contribution in [0.15, 0.2) is 46.3 Å². The van der Waals surface area contributed by atoms with Crippen LogP contribution in [0.2, 0.25) is 0 Å². The van der Waals surface area contributed by atoms with E-state index < -0.39 is 0 Å². The summed E-state index contributed by atoms with van der Waals surface area (Å²) in [4.78, 5) is 43.1. The number of carbonyl (C=O) groups excluding carboxylic acids is 2. The Balaban J connectivity index is 1.95. The Morgan fingerprint density at radius 1 is 1.15 bits per heavy atom. The first-order chi connectivity index (χ1) is 15.8. The fourth-order valence-electron chi connectivity index (χ4n) is 3.51. The van der Waals surface area contributed by atoms with Gasteiger partial charge in [0, 0.05) is 24.8 Å². The molecule has 0 spiro atoms. The number of nitrogens with zero attached hydrogens (tertiary/aromatic N) is 2. The van der Waals surface area contributed by atoms with Crippen LogP contribution in [0.25, 0.3) is 10.9 Å². The monoisotopic (exact) mass is 467 g/mol. The molecule has 8 heteroatoms. The lowest BCUT2D eigenvalue weighted by atomic mass is 10.0. The van der Waals surface area contributed by atoms with Gasteiger partial charge in [-0.3, -0.25) is 19.0 Å². The molecule has 0 aliphatic rings. The molecule has 1 heterocycles. The van der Waals surface area contributed by atoms with Gasteiger partial charge in [0.2, 0.25) is 0 Å². The van der Waals surface area contributed by atoms with E-state index in [0.29, 0.717) is 46.9 Å². The number of hydrogen-bond donors (Lipinski definition) is 1. The Labute approximate surface area is 197 Å². The lowest BCUT2D eigenvalue weighted by molar-refractivity contribution is 0.0952. The highest BCUT2D eigenvalue weighted by Crippen LogP contribution is 2.21. The van der Waals surface area contributed by atoms with E-state index in [4.69, 9.17) is 4.74 Å². The Bertz CT molecular complexity index is 1240. The summed E-state index contributed by atoms with van der Waals surface area (Å²) in [5, 5.41) is 3.68. The van der Waals surface area contributed by atoms with Crippen LogP contribution >= 0.6 is 11.8 Å². The SMILES string of the molecule is CCCNC(=O)c1ccc2c(=O)n(CCOC)c(SCC(=O)c3ccc(C)cc3C)nc2c1. The zero-order chi connectivity index (χ0) is 24.0. The second-order valence-corrected chi connectivity index (χ2v) is 8.80. The fourth-order valence-corrected chi connectivity index (χ4v) is 4.42. The van der Waals surface area contributed by atoms with E-state index in [1.165, 1.54) is 16.3 Å². The van der Waals surface area contributed by atoms with Gasteiger partial charge >= 0.3 is 0 Å². The number of ketones is 1. The number of hydrogen-bond acceptors (Lipinski definition) is 6. The van der Waals surface area contributed by atoms with Crippen molar-refractivity contribution in [3.05, 3.63) is 69.0 Å². The summed E-state index contributed by atoms with van der Waals surface area (Å²) >= 11 is 1.22. The van der Waals surface area contributed by atoms with Crippen LogP contribution in [0.1, 0.15) is 45.2 Å². The number of benzene rings is 2. The molecule has 2 aromatic carbocycles. The highest BCUT2D eigenvalue weighted by molar-refractivity contribution is 7.99. The van der Waals surface area contributed by atoms with Gasteiger partial charge in [0.25, 0.3) is 11.5 Å². The lowest BCUT2D eigenvalue weighted by Gasteiger charge is -2.13. The molecule has 174 valence electrons. The number of rotatable bonds is 10. The van der Waals surface area contributed by atoms with Crippen molar-refractivity contribution in [1.29, 1.82) is 0 Å². The van der Waals surface area contributed by atoms with E-state index in [1.54, 1.807) is 25.3 Å². The van der Waals surface area contributed by atoms with Crippen LogP contribution in [0, 0.1) is 13.8 Å². The molecule has 1 N–H and O–H groups in total. The van der Waals surface area contributed by atoms with E-state index in [1.807, 2.05) is 39.0 Å². The minimum atomic E-state index is -0.223. The molecule has 1 aromatic heterocycles. The number of carbonyl (C=O) groups is 2. The first-order valence-corrected chi connectivity index (χ1v) is 11.9. The Hall–Kier alpha value is -2.97. The molecule has 0 saturated carbocycles. The minimum Gasteiger partial charge on any atom is -0.383 e. The molecular formula is C25H29N3O4S. The van der Waals surface area contributed by atoms with Crippen molar-refractivity contribution in [2.45, 2.75) is 38.9 Å². The molecule has 3 aromatic rings. The quantitative estimate of drug-likeness (QED) is 0.277. The molecular weight excluding hydrogens is 438 g/mol. The summed E-state index contributed by atoms with van der Waals surface area (Å²) in [5.74, 6) is -0.0907. The number of methoxy groups -OCH3 is 1. The van der Waals surface area contributed by atoms with Gasteiger partial charge in [-0.1, -0.05) is 42.4 Å². The number of nitrogens with one attached hydrogen (secondary N) is 1. The maximum atomic E-state index is 13.2. The standard InChI is InChI=1S/C25H29N3O4S/c1-5-10-26-23(30)18-7-9-20-21(14-18)27-25(28(24(20)31)11-12-32-4)33-15-22(29)19-8-6-16(2)13-17(19)3/h6-9,13-14H,5,10-12,15H2,1-4H3,(H,26,30). The van der Waals surface area contributed by atoms with Crippen LogP contribution in [0.4, 0.5) is 0 Å². The molecule has 3 rings (SSSR count). The van der Waals surface area contributed by atoms with E-state index in [2.05, 4.69) is 10.3 Å². The minimum absolute atomic E-state index is 0.0298. The molecule has 0 aliphatic carbocycles. The van der Waals surface area contributed by atoms with Crippen LogP contribution in [-0.2, 0) is 11.3 Å². The Morgan fingerprint density at radius 2 is 1.94 bits per heavy atom. The Kier molecular flexibility index (Phi) is 8.41. The molecule has 0 fully saturated rings. The van der Waals surface area contributed by atoms with Crippen LogP contribution in [0.3, 0.4) is 0 Å². The van der Waals surface area contributed by atoms with E-state index >= 15 is 0 Å². The highest BCUT2D eigenvalue weighted by atomic mass is 32.2. The molecule has 0 unspecified atom stereocenters. The second-order valence-electron chi connectivity index (χ2n) is 7.86.